The second-order valence-corrected chi connectivity index (χ2v) is 5.29. The van der Waals surface area contributed by atoms with Crippen LogP contribution in [0, 0.1) is 11.8 Å². The third-order valence-corrected chi connectivity index (χ3v) is 3.61. The molecular weight excluding hydrogens is 226 g/mol. The lowest BCUT2D eigenvalue weighted by Gasteiger charge is -2.17. The molecule has 2 atom stereocenters. The number of rotatable bonds is 7. The maximum atomic E-state index is 11.7. The number of thioether (sulfide) groups is 1. The number of nitrogens with one attached hydrogen (secondary N) is 1. The van der Waals surface area contributed by atoms with Crippen molar-refractivity contribution in [2.24, 2.45) is 11.8 Å². The van der Waals surface area contributed by atoms with E-state index in [1.165, 1.54) is 0 Å². The van der Waals surface area contributed by atoms with Gasteiger partial charge in [-0.3, -0.25) is 4.79 Å². The molecule has 0 aliphatic heterocycles. The van der Waals surface area contributed by atoms with E-state index in [-0.39, 0.29) is 11.8 Å². The topological polar surface area (TPSA) is 66.4 Å². The third-order valence-electron chi connectivity index (χ3n) is 2.97. The Morgan fingerprint density at radius 1 is 1.50 bits per heavy atom. The summed E-state index contributed by atoms with van der Waals surface area (Å²) in [5, 5.41) is 11.6. The number of carbonyl (C=O) groups excluding carboxylic acids is 1. The van der Waals surface area contributed by atoms with Crippen molar-refractivity contribution in [3.05, 3.63) is 0 Å². The first-order chi connectivity index (χ1) is 7.56. The van der Waals surface area contributed by atoms with E-state index in [1.807, 2.05) is 13.2 Å². The van der Waals surface area contributed by atoms with Crippen molar-refractivity contribution < 1.29 is 14.7 Å². The number of hydrogen-bond acceptors (Lipinski definition) is 3. The van der Waals surface area contributed by atoms with Gasteiger partial charge in [0.2, 0.25) is 5.91 Å². The van der Waals surface area contributed by atoms with E-state index in [0.29, 0.717) is 12.3 Å². The highest BCUT2D eigenvalue weighted by Gasteiger charge is 2.34. The van der Waals surface area contributed by atoms with Gasteiger partial charge in [0.15, 0.2) is 0 Å². The molecule has 0 aromatic heterocycles. The van der Waals surface area contributed by atoms with E-state index in [9.17, 15) is 9.59 Å². The van der Waals surface area contributed by atoms with Crippen LogP contribution in [0.15, 0.2) is 0 Å². The Balaban J connectivity index is 2.40. The standard InChI is InChI=1S/C11H19NO3S/c1-7(8-3-4-8)10(13)12-9(11(14)15)5-6-16-2/h7-9H,3-6H2,1-2H3,(H,12,13)(H,14,15)/t7?,9-/m1/s1. The van der Waals surface area contributed by atoms with Gasteiger partial charge in [-0.1, -0.05) is 6.92 Å². The molecule has 0 aromatic rings. The molecule has 16 heavy (non-hydrogen) atoms. The number of carboxylic acids is 1. The molecule has 0 saturated heterocycles. The van der Waals surface area contributed by atoms with Crippen molar-refractivity contribution in [1.29, 1.82) is 0 Å². The molecule has 1 amide bonds. The summed E-state index contributed by atoms with van der Waals surface area (Å²) in [6.07, 6.45) is 4.60. The largest absolute Gasteiger partial charge is 0.480 e. The van der Waals surface area contributed by atoms with Crippen molar-refractivity contribution in [2.75, 3.05) is 12.0 Å². The van der Waals surface area contributed by atoms with Gasteiger partial charge in [0.1, 0.15) is 6.04 Å². The molecule has 4 nitrogen and oxygen atoms in total. The summed E-state index contributed by atoms with van der Waals surface area (Å²) in [6, 6.07) is -0.735. The van der Waals surface area contributed by atoms with Gasteiger partial charge in [0, 0.05) is 5.92 Å². The zero-order valence-electron chi connectivity index (χ0n) is 9.73. The molecule has 1 aliphatic carbocycles. The number of carboxylic acid groups (broad SMARTS) is 1. The Kier molecular flexibility index (Phi) is 5.12. The summed E-state index contributed by atoms with van der Waals surface area (Å²) >= 11 is 1.59. The van der Waals surface area contributed by atoms with Crippen LogP contribution in [0.2, 0.25) is 0 Å². The quantitative estimate of drug-likeness (QED) is 0.710. The number of amides is 1. The van der Waals surface area contributed by atoms with Crippen LogP contribution < -0.4 is 5.32 Å². The summed E-state index contributed by atoms with van der Waals surface area (Å²) in [5.41, 5.74) is 0. The van der Waals surface area contributed by atoms with Gasteiger partial charge in [-0.2, -0.15) is 11.8 Å². The van der Waals surface area contributed by atoms with Crippen molar-refractivity contribution in [3.63, 3.8) is 0 Å². The minimum absolute atomic E-state index is 0.0453. The lowest BCUT2D eigenvalue weighted by molar-refractivity contribution is -0.142. The Morgan fingerprint density at radius 3 is 2.56 bits per heavy atom. The predicted molar refractivity (Wildman–Crippen MR) is 64.5 cm³/mol. The summed E-state index contributed by atoms with van der Waals surface area (Å²) < 4.78 is 0. The maximum absolute atomic E-state index is 11.7. The number of carbonyl (C=O) groups is 2. The van der Waals surface area contributed by atoms with Gasteiger partial charge < -0.3 is 10.4 Å². The van der Waals surface area contributed by atoms with Crippen LogP contribution in [0.25, 0.3) is 0 Å². The molecule has 5 heteroatoms. The monoisotopic (exact) mass is 245 g/mol. The van der Waals surface area contributed by atoms with Gasteiger partial charge in [-0.05, 0) is 37.2 Å². The fourth-order valence-electron chi connectivity index (χ4n) is 1.61. The molecule has 0 spiro atoms. The Bertz CT molecular complexity index is 266. The summed E-state index contributed by atoms with van der Waals surface area (Å²) in [7, 11) is 0. The molecule has 0 bridgehead atoms. The van der Waals surface area contributed by atoms with E-state index in [4.69, 9.17) is 5.11 Å². The van der Waals surface area contributed by atoms with Gasteiger partial charge >= 0.3 is 5.97 Å². The molecule has 1 fully saturated rings. The SMILES string of the molecule is CSCC[C@@H](NC(=O)C(C)C1CC1)C(=O)O. The fourth-order valence-corrected chi connectivity index (χ4v) is 2.08. The number of hydrogen-bond donors (Lipinski definition) is 2. The highest BCUT2D eigenvalue weighted by molar-refractivity contribution is 7.98. The smallest absolute Gasteiger partial charge is 0.326 e. The zero-order valence-corrected chi connectivity index (χ0v) is 10.5. The Labute approximate surface area is 100 Å². The molecule has 1 aliphatic rings. The lowest BCUT2D eigenvalue weighted by atomic mass is 10.0. The van der Waals surface area contributed by atoms with Crippen molar-refractivity contribution >= 4 is 23.6 Å². The van der Waals surface area contributed by atoms with Crippen molar-refractivity contribution in [3.8, 4) is 0 Å². The van der Waals surface area contributed by atoms with Crippen LogP contribution in [0.3, 0.4) is 0 Å². The minimum atomic E-state index is -0.939. The van der Waals surface area contributed by atoms with Crippen LogP contribution in [0.5, 0.6) is 0 Å². The predicted octanol–water partition coefficient (Wildman–Crippen LogP) is 1.35. The van der Waals surface area contributed by atoms with E-state index in [0.717, 1.165) is 18.6 Å². The van der Waals surface area contributed by atoms with Gasteiger partial charge in [-0.15, -0.1) is 0 Å². The average Bonchev–Trinajstić information content (AvgIpc) is 3.05. The molecule has 0 heterocycles. The highest BCUT2D eigenvalue weighted by atomic mass is 32.2. The summed E-state index contributed by atoms with van der Waals surface area (Å²) in [6.45, 7) is 1.88. The molecule has 1 saturated carbocycles. The first-order valence-corrected chi connectivity index (χ1v) is 6.97. The molecule has 2 N–H and O–H groups in total. The fraction of sp³-hybridized carbons (Fsp3) is 0.818. The molecular formula is C11H19NO3S. The van der Waals surface area contributed by atoms with Crippen molar-refractivity contribution in [1.82, 2.24) is 5.32 Å². The summed E-state index contributed by atoms with van der Waals surface area (Å²) in [4.78, 5) is 22.6. The minimum Gasteiger partial charge on any atom is -0.480 e. The molecule has 0 radical (unpaired) electrons. The number of aliphatic carboxylic acids is 1. The van der Waals surface area contributed by atoms with Gasteiger partial charge in [0.05, 0.1) is 0 Å². The Morgan fingerprint density at radius 2 is 2.12 bits per heavy atom. The van der Waals surface area contributed by atoms with Crippen molar-refractivity contribution in [2.45, 2.75) is 32.2 Å². The van der Waals surface area contributed by atoms with E-state index in [2.05, 4.69) is 5.32 Å². The normalized spacial score (nSPS) is 18.9. The van der Waals surface area contributed by atoms with Gasteiger partial charge in [0.25, 0.3) is 0 Å². The molecule has 0 aromatic carbocycles. The molecule has 92 valence electrons. The van der Waals surface area contributed by atoms with Crippen LogP contribution >= 0.6 is 11.8 Å². The summed E-state index contributed by atoms with van der Waals surface area (Å²) in [5.74, 6) is 0.113. The molecule has 1 rings (SSSR count). The zero-order chi connectivity index (χ0) is 12.1. The maximum Gasteiger partial charge on any atom is 0.326 e. The molecule has 1 unspecified atom stereocenters. The van der Waals surface area contributed by atoms with E-state index < -0.39 is 12.0 Å². The van der Waals surface area contributed by atoms with Crippen LogP contribution in [0.1, 0.15) is 26.2 Å². The highest BCUT2D eigenvalue weighted by Crippen LogP contribution is 2.36. The lowest BCUT2D eigenvalue weighted by Crippen LogP contribution is -2.43. The average molecular weight is 245 g/mol. The second kappa shape index (κ2) is 6.13. The first kappa shape index (κ1) is 13.4. The van der Waals surface area contributed by atoms with Crippen LogP contribution in [-0.4, -0.2) is 35.0 Å². The Hall–Kier alpha value is -0.710. The van der Waals surface area contributed by atoms with Crippen LogP contribution in [0.4, 0.5) is 0 Å². The van der Waals surface area contributed by atoms with Gasteiger partial charge in [-0.25, -0.2) is 4.79 Å². The second-order valence-electron chi connectivity index (χ2n) is 4.31. The first-order valence-electron chi connectivity index (χ1n) is 5.58. The van der Waals surface area contributed by atoms with E-state index in [1.54, 1.807) is 11.8 Å². The van der Waals surface area contributed by atoms with E-state index >= 15 is 0 Å². The van der Waals surface area contributed by atoms with Crippen LogP contribution in [-0.2, 0) is 9.59 Å². The third kappa shape index (κ3) is 4.04.